The van der Waals surface area contributed by atoms with E-state index < -0.39 is 11.9 Å². The second kappa shape index (κ2) is 20.9. The van der Waals surface area contributed by atoms with Gasteiger partial charge in [0, 0.05) is 12.8 Å². The topological polar surface area (TPSA) is 74.6 Å². The summed E-state index contributed by atoms with van der Waals surface area (Å²) in [5.41, 5.74) is 0. The number of hydrogen-bond acceptors (Lipinski definition) is 2. The molecule has 0 spiro atoms. The van der Waals surface area contributed by atoms with Gasteiger partial charge in [0.1, 0.15) is 0 Å². The zero-order valence-electron chi connectivity index (χ0n) is 15.3. The van der Waals surface area contributed by atoms with Crippen LogP contribution in [-0.2, 0) is 9.59 Å². The lowest BCUT2D eigenvalue weighted by molar-refractivity contribution is -0.138. The van der Waals surface area contributed by atoms with Crippen LogP contribution in [0.1, 0.15) is 110 Å². The Balaban J connectivity index is 0. The van der Waals surface area contributed by atoms with Crippen LogP contribution in [0.25, 0.3) is 0 Å². The van der Waals surface area contributed by atoms with Crippen LogP contribution in [0.15, 0.2) is 0 Å². The van der Waals surface area contributed by atoms with Gasteiger partial charge in [-0.15, -0.1) is 0 Å². The average Bonchev–Trinajstić information content (AvgIpc) is 2.50. The summed E-state index contributed by atoms with van der Waals surface area (Å²) in [6, 6.07) is 0. The molecule has 0 radical (unpaired) electrons. The van der Waals surface area contributed by atoms with Crippen molar-refractivity contribution < 1.29 is 19.8 Å². The molecule has 0 bridgehead atoms. The smallest absolute Gasteiger partial charge is 0.303 e. The molecular formula is C19H38O4. The van der Waals surface area contributed by atoms with E-state index in [0.717, 1.165) is 32.1 Å². The minimum Gasteiger partial charge on any atom is -0.481 e. The summed E-state index contributed by atoms with van der Waals surface area (Å²) in [5, 5.41) is 16.6. The summed E-state index contributed by atoms with van der Waals surface area (Å²) in [4.78, 5) is 20.2. The van der Waals surface area contributed by atoms with Crippen molar-refractivity contribution in [3.63, 3.8) is 0 Å². The number of unbranched alkanes of at least 4 members (excludes halogenated alkanes) is 11. The maximum absolute atomic E-state index is 10.2. The lowest BCUT2D eigenvalue weighted by atomic mass is 10.1. The second-order valence-corrected chi connectivity index (χ2v) is 6.18. The summed E-state index contributed by atoms with van der Waals surface area (Å²) < 4.78 is 0. The van der Waals surface area contributed by atoms with Gasteiger partial charge in [0.2, 0.25) is 0 Å². The average molecular weight is 331 g/mol. The normalized spacial score (nSPS) is 10.0. The molecule has 4 nitrogen and oxygen atoms in total. The van der Waals surface area contributed by atoms with Gasteiger partial charge in [-0.05, 0) is 12.8 Å². The third-order valence-electron chi connectivity index (χ3n) is 3.74. The van der Waals surface area contributed by atoms with Gasteiger partial charge in [0.05, 0.1) is 0 Å². The van der Waals surface area contributed by atoms with Crippen molar-refractivity contribution in [2.75, 3.05) is 0 Å². The molecule has 0 unspecified atom stereocenters. The molecular weight excluding hydrogens is 292 g/mol. The first kappa shape index (κ1) is 24.2. The molecule has 0 aromatic heterocycles. The molecule has 0 aliphatic rings. The van der Waals surface area contributed by atoms with Gasteiger partial charge in [0.15, 0.2) is 0 Å². The van der Waals surface area contributed by atoms with Crippen LogP contribution >= 0.6 is 0 Å². The molecule has 0 atom stereocenters. The minimum atomic E-state index is -0.675. The first-order chi connectivity index (χ1) is 11.0. The van der Waals surface area contributed by atoms with Crippen LogP contribution in [0.4, 0.5) is 0 Å². The van der Waals surface area contributed by atoms with Gasteiger partial charge in [-0.3, -0.25) is 9.59 Å². The number of carboxylic acid groups (broad SMARTS) is 2. The summed E-state index contributed by atoms with van der Waals surface area (Å²) in [6.45, 7) is 4.34. The van der Waals surface area contributed by atoms with Crippen molar-refractivity contribution >= 4 is 11.9 Å². The summed E-state index contributed by atoms with van der Waals surface area (Å²) in [5.74, 6) is -1.33. The van der Waals surface area contributed by atoms with Gasteiger partial charge in [0.25, 0.3) is 0 Å². The lowest BCUT2D eigenvalue weighted by Crippen LogP contribution is -1.93. The Kier molecular flexibility index (Phi) is 22.0. The Morgan fingerprint density at radius 2 is 0.783 bits per heavy atom. The minimum absolute atomic E-state index is 0.333. The molecule has 0 rings (SSSR count). The number of carboxylic acids is 2. The summed E-state index contributed by atoms with van der Waals surface area (Å²) in [6.07, 6.45) is 16.0. The molecule has 0 aromatic rings. The molecule has 0 saturated heterocycles. The van der Waals surface area contributed by atoms with Gasteiger partial charge in [-0.25, -0.2) is 0 Å². The van der Waals surface area contributed by atoms with E-state index in [9.17, 15) is 9.59 Å². The van der Waals surface area contributed by atoms with E-state index in [0.29, 0.717) is 12.8 Å². The first-order valence-corrected chi connectivity index (χ1v) is 9.48. The van der Waals surface area contributed by atoms with Crippen LogP contribution in [0.5, 0.6) is 0 Å². The fourth-order valence-corrected chi connectivity index (χ4v) is 2.29. The van der Waals surface area contributed by atoms with Crippen molar-refractivity contribution in [3.8, 4) is 0 Å². The zero-order valence-corrected chi connectivity index (χ0v) is 15.3. The Labute approximate surface area is 142 Å². The molecule has 4 heteroatoms. The van der Waals surface area contributed by atoms with E-state index in [-0.39, 0.29) is 0 Å². The zero-order chi connectivity index (χ0) is 17.8. The highest BCUT2D eigenvalue weighted by Gasteiger charge is 1.96. The number of hydrogen-bond donors (Lipinski definition) is 2. The van der Waals surface area contributed by atoms with Crippen molar-refractivity contribution in [1.29, 1.82) is 0 Å². The molecule has 2 N–H and O–H groups in total. The second-order valence-electron chi connectivity index (χ2n) is 6.18. The van der Waals surface area contributed by atoms with Crippen molar-refractivity contribution in [1.82, 2.24) is 0 Å². The van der Waals surface area contributed by atoms with Crippen molar-refractivity contribution in [2.45, 2.75) is 110 Å². The van der Waals surface area contributed by atoms with Gasteiger partial charge in [-0.1, -0.05) is 84.5 Å². The molecule has 138 valence electrons. The predicted molar refractivity (Wildman–Crippen MR) is 95.9 cm³/mol. The number of aliphatic carboxylic acids is 2. The van der Waals surface area contributed by atoms with E-state index in [1.54, 1.807) is 0 Å². The molecule has 0 aliphatic carbocycles. The Morgan fingerprint density at radius 3 is 1.09 bits per heavy atom. The fourth-order valence-electron chi connectivity index (χ4n) is 2.29. The molecule has 0 amide bonds. The third kappa shape index (κ3) is 29.6. The standard InChI is InChI=1S/C12H24O2.C7H14O2/c1-2-3-4-5-6-7-8-9-10-11-12(13)14;1-2-3-4-5-6-7(8)9/h2-11H2,1H3,(H,13,14);2-6H2,1H3,(H,8,9). The summed E-state index contributed by atoms with van der Waals surface area (Å²) in [7, 11) is 0. The van der Waals surface area contributed by atoms with Crippen LogP contribution < -0.4 is 0 Å². The third-order valence-corrected chi connectivity index (χ3v) is 3.74. The molecule has 0 aromatic carbocycles. The van der Waals surface area contributed by atoms with Crippen LogP contribution in [0, 0.1) is 0 Å². The van der Waals surface area contributed by atoms with Crippen LogP contribution in [0.2, 0.25) is 0 Å². The van der Waals surface area contributed by atoms with Gasteiger partial charge in [-0.2, -0.15) is 0 Å². The molecule has 0 fully saturated rings. The highest BCUT2D eigenvalue weighted by Crippen LogP contribution is 2.10. The number of rotatable bonds is 15. The van der Waals surface area contributed by atoms with E-state index in [1.165, 1.54) is 51.4 Å². The predicted octanol–water partition coefficient (Wildman–Crippen LogP) is 6.03. The molecule has 0 saturated carbocycles. The molecule has 0 heterocycles. The molecule has 0 aliphatic heterocycles. The van der Waals surface area contributed by atoms with E-state index in [4.69, 9.17) is 10.2 Å². The summed E-state index contributed by atoms with van der Waals surface area (Å²) >= 11 is 0. The highest BCUT2D eigenvalue weighted by atomic mass is 16.4. The van der Waals surface area contributed by atoms with Gasteiger partial charge < -0.3 is 10.2 Å². The van der Waals surface area contributed by atoms with E-state index >= 15 is 0 Å². The molecule has 23 heavy (non-hydrogen) atoms. The highest BCUT2D eigenvalue weighted by molar-refractivity contribution is 5.66. The maximum atomic E-state index is 10.2. The van der Waals surface area contributed by atoms with E-state index in [2.05, 4.69) is 13.8 Å². The van der Waals surface area contributed by atoms with Gasteiger partial charge >= 0.3 is 11.9 Å². The largest absolute Gasteiger partial charge is 0.481 e. The monoisotopic (exact) mass is 330 g/mol. The number of carbonyl (C=O) groups is 2. The van der Waals surface area contributed by atoms with Crippen molar-refractivity contribution in [3.05, 3.63) is 0 Å². The quantitative estimate of drug-likeness (QED) is 0.359. The van der Waals surface area contributed by atoms with E-state index in [1.807, 2.05) is 0 Å². The SMILES string of the molecule is CCCCCCC(=O)O.CCCCCCCCCCCC(=O)O. The van der Waals surface area contributed by atoms with Crippen molar-refractivity contribution in [2.24, 2.45) is 0 Å². The lowest BCUT2D eigenvalue weighted by Gasteiger charge is -2.00. The fraction of sp³-hybridized carbons (Fsp3) is 0.895. The maximum Gasteiger partial charge on any atom is 0.303 e. The van der Waals surface area contributed by atoms with Crippen LogP contribution in [0.3, 0.4) is 0 Å². The van der Waals surface area contributed by atoms with Crippen LogP contribution in [-0.4, -0.2) is 22.2 Å². The Hall–Kier alpha value is -1.06. The Bertz CT molecular complexity index is 264. The Morgan fingerprint density at radius 1 is 0.522 bits per heavy atom. The first-order valence-electron chi connectivity index (χ1n) is 9.48.